The van der Waals surface area contributed by atoms with Crippen LogP contribution in [-0.2, 0) is 13.5 Å². The molecular weight excluding hydrogens is 262 g/mol. The minimum absolute atomic E-state index is 0.703. The van der Waals surface area contributed by atoms with E-state index in [0.717, 1.165) is 48.2 Å². The van der Waals surface area contributed by atoms with E-state index in [1.807, 2.05) is 33.2 Å². The van der Waals surface area contributed by atoms with Crippen LogP contribution in [0, 0.1) is 19.8 Å². The van der Waals surface area contributed by atoms with E-state index in [1.54, 1.807) is 0 Å². The Morgan fingerprint density at radius 1 is 1.24 bits per heavy atom. The second-order valence-corrected chi connectivity index (χ2v) is 5.96. The van der Waals surface area contributed by atoms with Crippen molar-refractivity contribution in [2.24, 2.45) is 13.0 Å². The van der Waals surface area contributed by atoms with Gasteiger partial charge in [-0.05, 0) is 51.8 Å². The molecule has 3 rings (SSSR count). The van der Waals surface area contributed by atoms with Crippen LogP contribution in [0.2, 0.25) is 0 Å². The van der Waals surface area contributed by atoms with Crippen LogP contribution in [0.5, 0.6) is 0 Å². The third kappa shape index (κ3) is 3.13. The van der Waals surface area contributed by atoms with Gasteiger partial charge in [-0.15, -0.1) is 0 Å². The maximum Gasteiger partial charge on any atom is 0.129 e. The summed E-state index contributed by atoms with van der Waals surface area (Å²) in [6.45, 7) is 6.28. The van der Waals surface area contributed by atoms with Gasteiger partial charge < -0.3 is 9.88 Å². The highest BCUT2D eigenvalue weighted by molar-refractivity contribution is 5.54. The molecule has 1 N–H and O–H groups in total. The van der Waals surface area contributed by atoms with Crippen molar-refractivity contribution < 1.29 is 0 Å². The standard InChI is InChI=1S/C16H23N5/c1-11-8-14(15-10-18-12(2)21(15)3)20-16(19-11)9-13-4-6-17-7-5-13/h8,10,13,17H,4-7,9H2,1-3H3. The van der Waals surface area contributed by atoms with Crippen LogP contribution in [0.1, 0.15) is 30.2 Å². The first-order chi connectivity index (χ1) is 10.1. The van der Waals surface area contributed by atoms with E-state index >= 15 is 0 Å². The summed E-state index contributed by atoms with van der Waals surface area (Å²) in [5.74, 6) is 2.67. The van der Waals surface area contributed by atoms with Crippen molar-refractivity contribution in [2.45, 2.75) is 33.1 Å². The van der Waals surface area contributed by atoms with Crippen LogP contribution in [0.4, 0.5) is 0 Å². The smallest absolute Gasteiger partial charge is 0.129 e. The van der Waals surface area contributed by atoms with Crippen molar-refractivity contribution in [3.8, 4) is 11.4 Å². The molecule has 1 fully saturated rings. The molecule has 0 saturated carbocycles. The van der Waals surface area contributed by atoms with E-state index in [1.165, 1.54) is 12.8 Å². The summed E-state index contributed by atoms with van der Waals surface area (Å²) in [5, 5.41) is 3.41. The molecule has 0 unspecified atom stereocenters. The minimum Gasteiger partial charge on any atom is -0.330 e. The second-order valence-electron chi connectivity index (χ2n) is 5.96. The van der Waals surface area contributed by atoms with Crippen LogP contribution >= 0.6 is 0 Å². The van der Waals surface area contributed by atoms with Gasteiger partial charge >= 0.3 is 0 Å². The van der Waals surface area contributed by atoms with Gasteiger partial charge in [0.05, 0.1) is 17.6 Å². The quantitative estimate of drug-likeness (QED) is 0.937. The lowest BCUT2D eigenvalue weighted by Gasteiger charge is -2.22. The number of piperidine rings is 1. The minimum atomic E-state index is 0.703. The van der Waals surface area contributed by atoms with Crippen LogP contribution in [0.3, 0.4) is 0 Å². The van der Waals surface area contributed by atoms with Crippen molar-refractivity contribution in [3.63, 3.8) is 0 Å². The molecule has 0 aliphatic carbocycles. The second kappa shape index (κ2) is 5.93. The third-order valence-corrected chi connectivity index (χ3v) is 4.31. The summed E-state index contributed by atoms with van der Waals surface area (Å²) >= 11 is 0. The first-order valence-corrected chi connectivity index (χ1v) is 7.67. The lowest BCUT2D eigenvalue weighted by Crippen LogP contribution is -2.29. The Kier molecular flexibility index (Phi) is 4.01. The van der Waals surface area contributed by atoms with Gasteiger partial charge in [0.25, 0.3) is 0 Å². The van der Waals surface area contributed by atoms with Gasteiger partial charge in [-0.25, -0.2) is 15.0 Å². The van der Waals surface area contributed by atoms with Crippen molar-refractivity contribution in [3.05, 3.63) is 29.6 Å². The average molecular weight is 285 g/mol. The summed E-state index contributed by atoms with van der Waals surface area (Å²) in [4.78, 5) is 13.8. The predicted molar refractivity (Wildman–Crippen MR) is 83.0 cm³/mol. The Balaban J connectivity index is 1.87. The topological polar surface area (TPSA) is 55.6 Å². The highest BCUT2D eigenvalue weighted by Gasteiger charge is 2.16. The largest absolute Gasteiger partial charge is 0.330 e. The first-order valence-electron chi connectivity index (χ1n) is 7.67. The van der Waals surface area contributed by atoms with Crippen LogP contribution in [0.25, 0.3) is 11.4 Å². The molecule has 112 valence electrons. The fourth-order valence-electron chi connectivity index (χ4n) is 2.94. The summed E-state index contributed by atoms with van der Waals surface area (Å²) < 4.78 is 2.08. The van der Waals surface area contributed by atoms with Gasteiger partial charge in [-0.2, -0.15) is 0 Å². The molecule has 0 bridgehead atoms. The van der Waals surface area contributed by atoms with Crippen LogP contribution < -0.4 is 5.32 Å². The van der Waals surface area contributed by atoms with E-state index in [4.69, 9.17) is 4.98 Å². The molecule has 1 aliphatic rings. The van der Waals surface area contributed by atoms with E-state index < -0.39 is 0 Å². The molecule has 5 heteroatoms. The fourth-order valence-corrected chi connectivity index (χ4v) is 2.94. The lowest BCUT2D eigenvalue weighted by molar-refractivity contribution is 0.367. The molecule has 0 aromatic carbocycles. The van der Waals surface area contributed by atoms with Crippen molar-refractivity contribution in [1.29, 1.82) is 0 Å². The normalized spacial score (nSPS) is 16.3. The number of nitrogens with zero attached hydrogens (tertiary/aromatic N) is 4. The van der Waals surface area contributed by atoms with Gasteiger partial charge in [0.2, 0.25) is 0 Å². The molecular formula is C16H23N5. The van der Waals surface area contributed by atoms with Gasteiger partial charge in [-0.1, -0.05) is 0 Å². The molecule has 21 heavy (non-hydrogen) atoms. The number of hydrogen-bond donors (Lipinski definition) is 1. The lowest BCUT2D eigenvalue weighted by atomic mass is 9.94. The summed E-state index contributed by atoms with van der Waals surface area (Å²) in [6, 6.07) is 2.04. The highest BCUT2D eigenvalue weighted by atomic mass is 15.1. The Bertz CT molecular complexity index is 626. The molecule has 0 amide bonds. The van der Waals surface area contributed by atoms with Gasteiger partial charge in [0.15, 0.2) is 0 Å². The van der Waals surface area contributed by atoms with E-state index in [0.29, 0.717) is 5.92 Å². The number of aromatic nitrogens is 4. The van der Waals surface area contributed by atoms with E-state index in [2.05, 4.69) is 19.9 Å². The highest BCUT2D eigenvalue weighted by Crippen LogP contribution is 2.21. The number of rotatable bonds is 3. The molecule has 3 heterocycles. The zero-order chi connectivity index (χ0) is 14.8. The monoisotopic (exact) mass is 285 g/mol. The average Bonchev–Trinajstić information content (AvgIpc) is 2.79. The molecule has 0 spiro atoms. The molecule has 5 nitrogen and oxygen atoms in total. The SMILES string of the molecule is Cc1cc(-c2cnc(C)n2C)nc(CC2CCNCC2)n1. The summed E-state index contributed by atoms with van der Waals surface area (Å²) in [5.41, 5.74) is 3.07. The first kappa shape index (κ1) is 14.2. The molecule has 1 aliphatic heterocycles. The number of imidazole rings is 1. The van der Waals surface area contributed by atoms with Crippen molar-refractivity contribution >= 4 is 0 Å². The third-order valence-electron chi connectivity index (χ3n) is 4.31. The zero-order valence-corrected chi connectivity index (χ0v) is 13.1. The molecule has 0 atom stereocenters. The zero-order valence-electron chi connectivity index (χ0n) is 13.1. The van der Waals surface area contributed by atoms with Gasteiger partial charge in [0, 0.05) is 19.2 Å². The molecule has 2 aromatic rings. The Morgan fingerprint density at radius 2 is 2.00 bits per heavy atom. The Labute approximate surface area is 125 Å². The molecule has 0 radical (unpaired) electrons. The molecule has 1 saturated heterocycles. The van der Waals surface area contributed by atoms with Gasteiger partial charge in [-0.3, -0.25) is 0 Å². The predicted octanol–water partition coefficient (Wildman–Crippen LogP) is 2.04. The van der Waals surface area contributed by atoms with Gasteiger partial charge in [0.1, 0.15) is 11.6 Å². The number of aryl methyl sites for hydroxylation is 2. The summed E-state index contributed by atoms with van der Waals surface area (Å²) in [6.07, 6.45) is 5.31. The van der Waals surface area contributed by atoms with E-state index in [-0.39, 0.29) is 0 Å². The Morgan fingerprint density at radius 3 is 2.67 bits per heavy atom. The van der Waals surface area contributed by atoms with Crippen molar-refractivity contribution in [1.82, 2.24) is 24.8 Å². The fraction of sp³-hybridized carbons (Fsp3) is 0.562. The maximum absolute atomic E-state index is 4.78. The summed E-state index contributed by atoms with van der Waals surface area (Å²) in [7, 11) is 2.03. The van der Waals surface area contributed by atoms with Crippen LogP contribution in [0.15, 0.2) is 12.3 Å². The number of hydrogen-bond acceptors (Lipinski definition) is 4. The maximum atomic E-state index is 4.78. The van der Waals surface area contributed by atoms with Crippen LogP contribution in [-0.4, -0.2) is 32.6 Å². The Hall–Kier alpha value is -1.75. The van der Waals surface area contributed by atoms with E-state index in [9.17, 15) is 0 Å². The van der Waals surface area contributed by atoms with Crippen molar-refractivity contribution in [2.75, 3.05) is 13.1 Å². The number of nitrogens with one attached hydrogen (secondary N) is 1. The molecule has 2 aromatic heterocycles.